The van der Waals surface area contributed by atoms with Crippen molar-refractivity contribution < 1.29 is 19.4 Å². The molecule has 0 spiro atoms. The number of hydrogen-bond donors (Lipinski definition) is 2. The summed E-state index contributed by atoms with van der Waals surface area (Å²) in [7, 11) is 0. The first-order valence-corrected chi connectivity index (χ1v) is 14.0. The molecule has 10 heteroatoms. The van der Waals surface area contributed by atoms with Gasteiger partial charge < -0.3 is 20.3 Å². The molecular weight excluding hydrogens is 615 g/mol. The van der Waals surface area contributed by atoms with Crippen LogP contribution < -0.4 is 5.73 Å². The highest BCUT2D eigenvalue weighted by Crippen LogP contribution is 2.42. The highest BCUT2D eigenvalue weighted by molar-refractivity contribution is 14.1. The zero-order chi connectivity index (χ0) is 28.6. The van der Waals surface area contributed by atoms with Crippen molar-refractivity contribution in [3.63, 3.8) is 0 Å². The molecule has 1 unspecified atom stereocenters. The number of ether oxygens (including phenoxy) is 2. The van der Waals surface area contributed by atoms with Crippen LogP contribution in [-0.2, 0) is 14.3 Å². The molecule has 0 amide bonds. The van der Waals surface area contributed by atoms with Crippen LogP contribution in [0.3, 0.4) is 0 Å². The van der Waals surface area contributed by atoms with Crippen LogP contribution in [0, 0.1) is 47.0 Å². The number of hydrogen-bond acceptors (Lipinski definition) is 9. The molecule has 1 aromatic carbocycles. The predicted octanol–water partition coefficient (Wildman–Crippen LogP) is 5.29. The molecule has 1 aliphatic rings. The van der Waals surface area contributed by atoms with E-state index in [0.29, 0.717) is 10.6 Å². The lowest BCUT2D eigenvalue weighted by Crippen LogP contribution is -2.28. The van der Waals surface area contributed by atoms with Gasteiger partial charge >= 0.3 is 5.97 Å². The van der Waals surface area contributed by atoms with Crippen molar-refractivity contribution in [2.45, 2.75) is 58.6 Å². The highest BCUT2D eigenvalue weighted by Gasteiger charge is 2.38. The molecule has 0 saturated heterocycles. The van der Waals surface area contributed by atoms with Gasteiger partial charge in [0.05, 0.1) is 28.9 Å². The predicted molar refractivity (Wildman–Crippen MR) is 155 cm³/mol. The molecule has 3 rings (SSSR count). The standard InChI is InChI=1S/C26H25IN4O3S.C2H6O/c1-13(2)33-26(32)23-21(12-35-25-19(10-28)15(4)14(3)16(5)31-25)34-24(30)20(11-29)22(23)17-7-6-8-18(27)9-17;1-2-3/h6-9,13,22H,12,30H2,1-5H3;3H,2H2,1H3. The van der Waals surface area contributed by atoms with Gasteiger partial charge in [0.25, 0.3) is 0 Å². The number of carbonyl (C=O) groups excluding carboxylic acids is 1. The van der Waals surface area contributed by atoms with Gasteiger partial charge in [-0.2, -0.15) is 10.5 Å². The third-order valence-electron chi connectivity index (χ3n) is 5.66. The van der Waals surface area contributed by atoms with Gasteiger partial charge in [0.15, 0.2) is 0 Å². The smallest absolute Gasteiger partial charge is 0.338 e. The molecular formula is C28H31IN4O4S. The van der Waals surface area contributed by atoms with Gasteiger partial charge in [-0.25, -0.2) is 9.78 Å². The molecule has 0 bridgehead atoms. The number of nitrogens with zero attached hydrogens (tertiary/aromatic N) is 3. The fourth-order valence-electron chi connectivity index (χ4n) is 3.73. The average Bonchev–Trinajstić information content (AvgIpc) is 2.85. The molecule has 0 saturated carbocycles. The Morgan fingerprint density at radius 3 is 2.47 bits per heavy atom. The number of esters is 1. The minimum Gasteiger partial charge on any atom is -0.459 e. The van der Waals surface area contributed by atoms with E-state index in [-0.39, 0.29) is 41.3 Å². The number of aliphatic hydroxyl groups excluding tert-OH is 1. The van der Waals surface area contributed by atoms with Crippen molar-refractivity contribution in [2.75, 3.05) is 12.4 Å². The average molecular weight is 647 g/mol. The van der Waals surface area contributed by atoms with Crippen LogP contribution in [0.2, 0.25) is 0 Å². The third-order valence-corrected chi connectivity index (χ3v) is 7.30. The Kier molecular flexibility index (Phi) is 11.6. The lowest BCUT2D eigenvalue weighted by Gasteiger charge is -2.28. The van der Waals surface area contributed by atoms with Gasteiger partial charge in [-0.05, 0) is 93.0 Å². The van der Waals surface area contributed by atoms with E-state index in [0.717, 1.165) is 26.0 Å². The van der Waals surface area contributed by atoms with Crippen LogP contribution in [0.15, 0.2) is 52.1 Å². The minimum atomic E-state index is -0.741. The lowest BCUT2D eigenvalue weighted by molar-refractivity contribution is -0.143. The van der Waals surface area contributed by atoms with E-state index in [1.165, 1.54) is 11.8 Å². The van der Waals surface area contributed by atoms with E-state index in [1.807, 2.05) is 45.0 Å². The number of halogens is 1. The van der Waals surface area contributed by atoms with E-state index in [4.69, 9.17) is 20.3 Å². The summed E-state index contributed by atoms with van der Waals surface area (Å²) in [6.45, 7) is 11.2. The first-order chi connectivity index (χ1) is 18.0. The summed E-state index contributed by atoms with van der Waals surface area (Å²) >= 11 is 3.46. The van der Waals surface area contributed by atoms with E-state index in [1.54, 1.807) is 20.8 Å². The molecule has 1 atom stereocenters. The number of aliphatic hydroxyl groups is 1. The van der Waals surface area contributed by atoms with Crippen LogP contribution >= 0.6 is 34.4 Å². The minimum absolute atomic E-state index is 0.0576. The maximum absolute atomic E-state index is 13.3. The third kappa shape index (κ3) is 7.28. The number of aryl methyl sites for hydroxylation is 1. The summed E-state index contributed by atoms with van der Waals surface area (Å²) in [4.78, 5) is 17.9. The van der Waals surface area contributed by atoms with Crippen LogP contribution in [-0.4, -0.2) is 34.5 Å². The Morgan fingerprint density at radius 2 is 1.92 bits per heavy atom. The van der Waals surface area contributed by atoms with E-state index in [2.05, 4.69) is 39.7 Å². The fraction of sp³-hybridized carbons (Fsp3) is 0.357. The Bertz CT molecular complexity index is 1360. The number of nitriles is 2. The number of aromatic nitrogens is 1. The molecule has 0 aliphatic carbocycles. The van der Waals surface area contributed by atoms with Crippen LogP contribution in [0.25, 0.3) is 0 Å². The lowest BCUT2D eigenvalue weighted by atomic mass is 9.83. The van der Waals surface area contributed by atoms with Gasteiger partial charge in [0, 0.05) is 15.9 Å². The maximum atomic E-state index is 13.3. The van der Waals surface area contributed by atoms with E-state index >= 15 is 0 Å². The fourth-order valence-corrected chi connectivity index (χ4v) is 5.32. The van der Waals surface area contributed by atoms with Crippen molar-refractivity contribution >= 4 is 40.3 Å². The molecule has 1 aliphatic heterocycles. The van der Waals surface area contributed by atoms with Crippen molar-refractivity contribution in [1.82, 2.24) is 4.98 Å². The summed E-state index contributed by atoms with van der Waals surface area (Å²) in [6.07, 6.45) is -0.372. The SMILES string of the molecule is CCO.Cc1nc(SCC2=C(C(=O)OC(C)C)C(c3cccc(I)c3)C(C#N)=C(N)O2)c(C#N)c(C)c1C. The van der Waals surface area contributed by atoms with Gasteiger partial charge in [0.2, 0.25) is 5.88 Å². The number of rotatable bonds is 6. The van der Waals surface area contributed by atoms with Gasteiger partial charge in [-0.15, -0.1) is 0 Å². The maximum Gasteiger partial charge on any atom is 0.338 e. The zero-order valence-corrected chi connectivity index (χ0v) is 25.2. The molecule has 3 N–H and O–H groups in total. The summed E-state index contributed by atoms with van der Waals surface area (Å²) in [6, 6.07) is 11.9. The number of thioether (sulfide) groups is 1. The quantitative estimate of drug-likeness (QED) is 0.243. The largest absolute Gasteiger partial charge is 0.459 e. The van der Waals surface area contributed by atoms with Gasteiger partial charge in [-0.1, -0.05) is 23.9 Å². The Labute approximate surface area is 241 Å². The van der Waals surface area contributed by atoms with Crippen molar-refractivity contribution in [3.05, 3.63) is 78.6 Å². The summed E-state index contributed by atoms with van der Waals surface area (Å²) in [5.74, 6) is -0.925. The van der Waals surface area contributed by atoms with E-state index in [9.17, 15) is 15.3 Å². The summed E-state index contributed by atoms with van der Waals surface area (Å²) in [5, 5.41) is 27.7. The second-order valence-electron chi connectivity index (χ2n) is 8.61. The second-order valence-corrected chi connectivity index (χ2v) is 10.8. The van der Waals surface area contributed by atoms with Crippen LogP contribution in [0.1, 0.15) is 54.6 Å². The van der Waals surface area contributed by atoms with E-state index < -0.39 is 11.9 Å². The van der Waals surface area contributed by atoms with Crippen molar-refractivity contribution in [1.29, 1.82) is 10.5 Å². The van der Waals surface area contributed by atoms with Crippen LogP contribution in [0.5, 0.6) is 0 Å². The molecule has 8 nitrogen and oxygen atoms in total. The molecule has 200 valence electrons. The monoisotopic (exact) mass is 646 g/mol. The molecule has 38 heavy (non-hydrogen) atoms. The first kappa shape index (κ1) is 31.2. The van der Waals surface area contributed by atoms with Gasteiger partial charge in [0.1, 0.15) is 28.5 Å². The highest BCUT2D eigenvalue weighted by atomic mass is 127. The Balaban J connectivity index is 0.00000161. The van der Waals surface area contributed by atoms with Crippen molar-refractivity contribution in [3.8, 4) is 12.1 Å². The molecule has 2 heterocycles. The Hall–Kier alpha value is -3.06. The topological polar surface area (TPSA) is 142 Å². The molecule has 0 radical (unpaired) electrons. The van der Waals surface area contributed by atoms with Gasteiger partial charge in [-0.3, -0.25) is 0 Å². The summed E-state index contributed by atoms with van der Waals surface area (Å²) in [5.41, 5.74) is 10.4. The number of benzene rings is 1. The van der Waals surface area contributed by atoms with Crippen LogP contribution in [0.4, 0.5) is 0 Å². The number of carbonyl (C=O) groups is 1. The summed E-state index contributed by atoms with van der Waals surface area (Å²) < 4.78 is 12.3. The zero-order valence-electron chi connectivity index (χ0n) is 22.3. The first-order valence-electron chi connectivity index (χ1n) is 11.9. The number of allylic oxidation sites excluding steroid dienone is 1. The Morgan fingerprint density at radius 1 is 1.26 bits per heavy atom. The number of nitrogens with two attached hydrogens (primary N) is 1. The van der Waals surface area contributed by atoms with Crippen molar-refractivity contribution in [2.24, 2.45) is 5.73 Å². The molecule has 1 aromatic heterocycles. The molecule has 2 aromatic rings. The normalized spacial score (nSPS) is 14.8. The second kappa shape index (κ2) is 14.2. The number of pyridine rings is 1. The molecule has 0 fully saturated rings.